The maximum absolute atomic E-state index is 9.21. The highest BCUT2D eigenvalue weighted by Crippen LogP contribution is 2.14. The zero-order chi connectivity index (χ0) is 12.3. The van der Waals surface area contributed by atoms with Gasteiger partial charge in [0.15, 0.2) is 5.82 Å². The van der Waals surface area contributed by atoms with E-state index in [0.29, 0.717) is 12.4 Å². The van der Waals surface area contributed by atoms with E-state index in [2.05, 4.69) is 17.2 Å². The lowest BCUT2D eigenvalue weighted by Crippen LogP contribution is -2.07. The molecule has 3 N–H and O–H groups in total. The average Bonchev–Trinajstić information content (AvgIpc) is 2.65. The standard InChI is InChI=1S/C12H16N4O/c1-2-3-11-12(13)14-15-16(11)8-9-4-6-10(17)7-5-9/h4-7,17H,2-3,8,13H2,1H3. The van der Waals surface area contributed by atoms with Crippen LogP contribution in [0.3, 0.4) is 0 Å². The van der Waals surface area contributed by atoms with E-state index in [1.165, 1.54) is 0 Å². The molecule has 0 aliphatic heterocycles. The van der Waals surface area contributed by atoms with Crippen molar-refractivity contribution in [3.63, 3.8) is 0 Å². The fraction of sp³-hybridized carbons (Fsp3) is 0.333. The molecule has 2 rings (SSSR count). The van der Waals surface area contributed by atoms with Gasteiger partial charge in [-0.2, -0.15) is 0 Å². The molecule has 5 heteroatoms. The maximum atomic E-state index is 9.21. The number of nitrogens with two attached hydrogens (primary N) is 1. The number of phenols is 1. The number of phenolic OH excluding ortho intramolecular Hbond substituents is 1. The number of aromatic nitrogens is 3. The maximum Gasteiger partial charge on any atom is 0.169 e. The van der Waals surface area contributed by atoms with Crippen LogP contribution in [-0.2, 0) is 13.0 Å². The number of aromatic hydroxyl groups is 1. The molecule has 0 aliphatic carbocycles. The van der Waals surface area contributed by atoms with Gasteiger partial charge in [0.2, 0.25) is 0 Å². The Morgan fingerprint density at radius 3 is 2.65 bits per heavy atom. The van der Waals surface area contributed by atoms with Crippen molar-refractivity contribution in [2.75, 3.05) is 5.73 Å². The van der Waals surface area contributed by atoms with Crippen LogP contribution in [0.1, 0.15) is 24.6 Å². The molecule has 0 spiro atoms. The van der Waals surface area contributed by atoms with Crippen LogP contribution in [0, 0.1) is 0 Å². The molecule has 0 radical (unpaired) electrons. The van der Waals surface area contributed by atoms with Crippen LogP contribution in [0.4, 0.5) is 5.82 Å². The first-order valence-corrected chi connectivity index (χ1v) is 5.66. The van der Waals surface area contributed by atoms with E-state index in [4.69, 9.17) is 5.73 Å². The minimum absolute atomic E-state index is 0.264. The Morgan fingerprint density at radius 1 is 1.29 bits per heavy atom. The quantitative estimate of drug-likeness (QED) is 0.838. The van der Waals surface area contributed by atoms with E-state index in [0.717, 1.165) is 24.1 Å². The Labute approximate surface area is 99.9 Å². The van der Waals surface area contributed by atoms with E-state index in [1.807, 2.05) is 16.8 Å². The summed E-state index contributed by atoms with van der Waals surface area (Å²) >= 11 is 0. The zero-order valence-electron chi connectivity index (χ0n) is 9.80. The minimum atomic E-state index is 0.264. The number of hydrogen-bond acceptors (Lipinski definition) is 4. The predicted octanol–water partition coefficient (Wildman–Crippen LogP) is 1.57. The molecule has 1 aromatic heterocycles. The highest BCUT2D eigenvalue weighted by atomic mass is 16.3. The summed E-state index contributed by atoms with van der Waals surface area (Å²) in [5.74, 6) is 0.770. The fourth-order valence-corrected chi connectivity index (χ4v) is 1.74. The van der Waals surface area contributed by atoms with Crippen LogP contribution in [0.2, 0.25) is 0 Å². The van der Waals surface area contributed by atoms with E-state index in [9.17, 15) is 5.11 Å². The van der Waals surface area contributed by atoms with Crippen LogP contribution in [0.25, 0.3) is 0 Å². The lowest BCUT2D eigenvalue weighted by atomic mass is 10.2. The highest BCUT2D eigenvalue weighted by molar-refractivity contribution is 5.34. The molecular formula is C12H16N4O. The molecule has 1 aromatic carbocycles. The zero-order valence-corrected chi connectivity index (χ0v) is 9.80. The fourth-order valence-electron chi connectivity index (χ4n) is 1.74. The van der Waals surface area contributed by atoms with Crippen LogP contribution in [0.5, 0.6) is 5.75 Å². The van der Waals surface area contributed by atoms with Crippen LogP contribution < -0.4 is 5.73 Å². The van der Waals surface area contributed by atoms with Gasteiger partial charge in [0.25, 0.3) is 0 Å². The lowest BCUT2D eigenvalue weighted by molar-refractivity contribution is 0.475. The third-order valence-corrected chi connectivity index (χ3v) is 2.62. The molecule has 17 heavy (non-hydrogen) atoms. The molecule has 5 nitrogen and oxygen atoms in total. The first kappa shape index (κ1) is 11.4. The number of nitrogens with zero attached hydrogens (tertiary/aromatic N) is 3. The lowest BCUT2D eigenvalue weighted by Gasteiger charge is -2.06. The molecule has 1 heterocycles. The second-order valence-electron chi connectivity index (χ2n) is 4.00. The Balaban J connectivity index is 2.20. The van der Waals surface area contributed by atoms with Gasteiger partial charge in [-0.15, -0.1) is 5.10 Å². The summed E-state index contributed by atoms with van der Waals surface area (Å²) in [6, 6.07) is 7.05. The highest BCUT2D eigenvalue weighted by Gasteiger charge is 2.09. The molecule has 0 bridgehead atoms. The molecule has 90 valence electrons. The summed E-state index contributed by atoms with van der Waals surface area (Å²) in [6.45, 7) is 2.72. The first-order valence-electron chi connectivity index (χ1n) is 5.66. The average molecular weight is 232 g/mol. The molecule has 0 fully saturated rings. The minimum Gasteiger partial charge on any atom is -0.508 e. The van der Waals surface area contributed by atoms with Gasteiger partial charge in [-0.05, 0) is 24.1 Å². The largest absolute Gasteiger partial charge is 0.508 e. The Kier molecular flexibility index (Phi) is 3.27. The smallest absolute Gasteiger partial charge is 0.169 e. The van der Waals surface area contributed by atoms with Gasteiger partial charge >= 0.3 is 0 Å². The third kappa shape index (κ3) is 2.55. The number of rotatable bonds is 4. The third-order valence-electron chi connectivity index (χ3n) is 2.62. The summed E-state index contributed by atoms with van der Waals surface area (Å²) < 4.78 is 1.81. The van der Waals surface area contributed by atoms with Gasteiger partial charge < -0.3 is 10.8 Å². The molecule has 2 aromatic rings. The first-order chi connectivity index (χ1) is 8.20. The van der Waals surface area contributed by atoms with Crippen molar-refractivity contribution in [2.24, 2.45) is 0 Å². The summed E-state index contributed by atoms with van der Waals surface area (Å²) in [5.41, 5.74) is 7.80. The van der Waals surface area contributed by atoms with E-state index in [-0.39, 0.29) is 5.75 Å². The van der Waals surface area contributed by atoms with Crippen LogP contribution in [-0.4, -0.2) is 20.1 Å². The summed E-state index contributed by atoms with van der Waals surface area (Å²) in [6.07, 6.45) is 1.88. The summed E-state index contributed by atoms with van der Waals surface area (Å²) in [4.78, 5) is 0. The SMILES string of the molecule is CCCc1c(N)nnn1Cc1ccc(O)cc1. The monoisotopic (exact) mass is 232 g/mol. The normalized spacial score (nSPS) is 10.6. The van der Waals surface area contributed by atoms with Crippen molar-refractivity contribution in [1.82, 2.24) is 15.0 Å². The summed E-state index contributed by atoms with van der Waals surface area (Å²) in [5, 5.41) is 17.1. The van der Waals surface area contributed by atoms with E-state index in [1.54, 1.807) is 12.1 Å². The predicted molar refractivity (Wildman–Crippen MR) is 65.6 cm³/mol. The Hall–Kier alpha value is -2.04. The van der Waals surface area contributed by atoms with Gasteiger partial charge in [-0.3, -0.25) is 0 Å². The van der Waals surface area contributed by atoms with Crippen molar-refractivity contribution in [3.8, 4) is 5.75 Å². The molecule has 0 amide bonds. The second kappa shape index (κ2) is 4.86. The number of nitrogen functional groups attached to an aromatic ring is 1. The molecule has 0 saturated carbocycles. The van der Waals surface area contributed by atoms with E-state index >= 15 is 0 Å². The van der Waals surface area contributed by atoms with Gasteiger partial charge in [0.1, 0.15) is 5.75 Å². The van der Waals surface area contributed by atoms with Gasteiger partial charge in [-0.1, -0.05) is 30.7 Å². The number of hydrogen-bond donors (Lipinski definition) is 2. The van der Waals surface area contributed by atoms with Crippen molar-refractivity contribution >= 4 is 5.82 Å². The molecule has 0 aliphatic rings. The summed E-state index contributed by atoms with van der Waals surface area (Å²) in [7, 11) is 0. The Morgan fingerprint density at radius 2 is 2.00 bits per heavy atom. The van der Waals surface area contributed by atoms with Crippen molar-refractivity contribution in [2.45, 2.75) is 26.3 Å². The Bertz CT molecular complexity index is 490. The van der Waals surface area contributed by atoms with E-state index < -0.39 is 0 Å². The number of anilines is 1. The molecular weight excluding hydrogens is 216 g/mol. The van der Waals surface area contributed by atoms with Crippen molar-refractivity contribution < 1.29 is 5.11 Å². The van der Waals surface area contributed by atoms with Gasteiger partial charge in [-0.25, -0.2) is 4.68 Å². The molecule has 0 unspecified atom stereocenters. The topological polar surface area (TPSA) is 77.0 Å². The molecule has 0 saturated heterocycles. The van der Waals surface area contributed by atoms with Crippen molar-refractivity contribution in [1.29, 1.82) is 0 Å². The number of benzene rings is 1. The van der Waals surface area contributed by atoms with Gasteiger partial charge in [0, 0.05) is 0 Å². The second-order valence-corrected chi connectivity index (χ2v) is 4.00. The van der Waals surface area contributed by atoms with Crippen LogP contribution in [0.15, 0.2) is 24.3 Å². The van der Waals surface area contributed by atoms with Crippen molar-refractivity contribution in [3.05, 3.63) is 35.5 Å². The van der Waals surface area contributed by atoms with Gasteiger partial charge in [0.05, 0.1) is 12.2 Å². The van der Waals surface area contributed by atoms with Crippen LogP contribution >= 0.6 is 0 Å². The molecule has 0 atom stereocenters.